The molecule has 1 aromatic heterocycles. The van der Waals surface area contributed by atoms with Gasteiger partial charge in [-0.25, -0.2) is 14.8 Å². The lowest BCUT2D eigenvalue weighted by molar-refractivity contribution is 0.0188. The predicted molar refractivity (Wildman–Crippen MR) is 107 cm³/mol. The van der Waals surface area contributed by atoms with E-state index < -0.39 is 5.60 Å². The van der Waals surface area contributed by atoms with E-state index in [1.54, 1.807) is 11.0 Å². The van der Waals surface area contributed by atoms with Crippen LogP contribution in [-0.2, 0) is 4.74 Å². The fourth-order valence-electron chi connectivity index (χ4n) is 3.21. The van der Waals surface area contributed by atoms with Crippen molar-refractivity contribution in [2.24, 2.45) is 0 Å². The van der Waals surface area contributed by atoms with Crippen LogP contribution in [-0.4, -0.2) is 52.4 Å². The molecule has 1 amide bonds. The summed E-state index contributed by atoms with van der Waals surface area (Å²) in [5.41, 5.74) is 0.120. The molecule has 0 spiro atoms. The number of nitrogens with zero attached hydrogens (tertiary/aromatic N) is 3. The van der Waals surface area contributed by atoms with E-state index in [0.29, 0.717) is 47.3 Å². The Balaban J connectivity index is 1.79. The number of hydrogen-bond acceptors (Lipinski definition) is 6. The van der Waals surface area contributed by atoms with E-state index in [-0.39, 0.29) is 12.1 Å². The van der Waals surface area contributed by atoms with E-state index in [1.807, 2.05) is 33.8 Å². The smallest absolute Gasteiger partial charge is 0.410 e. The molecule has 3 rings (SSSR count). The van der Waals surface area contributed by atoms with Gasteiger partial charge in [0.25, 0.3) is 0 Å². The summed E-state index contributed by atoms with van der Waals surface area (Å²) < 4.78 is 17.2. The first-order chi connectivity index (χ1) is 13.3. The summed E-state index contributed by atoms with van der Waals surface area (Å²) in [7, 11) is 0. The van der Waals surface area contributed by atoms with Gasteiger partial charge in [-0.1, -0.05) is 11.6 Å². The summed E-state index contributed by atoms with van der Waals surface area (Å²) in [6.07, 6.45) is 2.86. The number of amides is 1. The molecule has 0 N–H and O–H groups in total. The predicted octanol–water partition coefficient (Wildman–Crippen LogP) is 4.46. The minimum Gasteiger partial charge on any atom is -0.494 e. The molecular formula is C20H26ClN3O4. The third-order valence-corrected chi connectivity index (χ3v) is 4.66. The number of benzene rings is 1. The first-order valence-corrected chi connectivity index (χ1v) is 9.85. The Hall–Kier alpha value is -2.28. The molecule has 1 fully saturated rings. The fourth-order valence-corrected chi connectivity index (χ4v) is 3.44. The minimum absolute atomic E-state index is 0.0657. The topological polar surface area (TPSA) is 73.8 Å². The molecule has 7 nitrogen and oxygen atoms in total. The molecule has 8 heteroatoms. The number of hydrogen-bond donors (Lipinski definition) is 0. The van der Waals surface area contributed by atoms with Gasteiger partial charge in [0, 0.05) is 18.7 Å². The van der Waals surface area contributed by atoms with Crippen molar-refractivity contribution in [3.63, 3.8) is 0 Å². The Morgan fingerprint density at radius 2 is 2.07 bits per heavy atom. The number of halogens is 1. The molecule has 1 atom stereocenters. The summed E-state index contributed by atoms with van der Waals surface area (Å²) in [4.78, 5) is 22.5. The van der Waals surface area contributed by atoms with Gasteiger partial charge >= 0.3 is 6.09 Å². The third kappa shape index (κ3) is 4.76. The average molecular weight is 408 g/mol. The molecule has 28 heavy (non-hydrogen) atoms. The lowest BCUT2D eigenvalue weighted by atomic mass is 10.2. The Bertz CT molecular complexity index is 853. The summed E-state index contributed by atoms with van der Waals surface area (Å²) in [6.45, 7) is 9.01. The molecule has 0 bridgehead atoms. The Morgan fingerprint density at radius 1 is 1.29 bits per heavy atom. The highest BCUT2D eigenvalue weighted by Gasteiger charge is 2.32. The van der Waals surface area contributed by atoms with E-state index in [1.165, 1.54) is 6.33 Å². The monoisotopic (exact) mass is 407 g/mol. The maximum absolute atomic E-state index is 12.5. The van der Waals surface area contributed by atoms with Gasteiger partial charge in [0.1, 0.15) is 35.2 Å². The normalized spacial score (nSPS) is 17.0. The molecule has 1 aliphatic rings. The summed E-state index contributed by atoms with van der Waals surface area (Å²) >= 11 is 6.28. The van der Waals surface area contributed by atoms with Crippen LogP contribution in [0.3, 0.4) is 0 Å². The zero-order valence-electron chi connectivity index (χ0n) is 16.7. The maximum Gasteiger partial charge on any atom is 0.410 e. The molecule has 0 aliphatic carbocycles. The van der Waals surface area contributed by atoms with Crippen LogP contribution in [0.15, 0.2) is 18.5 Å². The first-order valence-electron chi connectivity index (χ1n) is 9.48. The maximum atomic E-state index is 12.5. The summed E-state index contributed by atoms with van der Waals surface area (Å²) in [6, 6.07) is 3.53. The van der Waals surface area contributed by atoms with Crippen molar-refractivity contribution in [2.75, 3.05) is 19.8 Å². The van der Waals surface area contributed by atoms with E-state index >= 15 is 0 Å². The van der Waals surface area contributed by atoms with Crippen LogP contribution in [0.5, 0.6) is 11.5 Å². The van der Waals surface area contributed by atoms with Gasteiger partial charge in [-0.2, -0.15) is 0 Å². The molecule has 152 valence electrons. The molecule has 1 aromatic carbocycles. The third-order valence-electron chi connectivity index (χ3n) is 4.38. The zero-order valence-corrected chi connectivity index (χ0v) is 17.5. The fraction of sp³-hybridized carbons (Fsp3) is 0.550. The second-order valence-corrected chi connectivity index (χ2v) is 8.05. The Morgan fingerprint density at radius 3 is 2.79 bits per heavy atom. The lowest BCUT2D eigenvalue weighted by Gasteiger charge is -2.28. The molecule has 1 saturated heterocycles. The highest BCUT2D eigenvalue weighted by molar-refractivity contribution is 6.34. The van der Waals surface area contributed by atoms with Gasteiger partial charge in [-0.3, -0.25) is 0 Å². The van der Waals surface area contributed by atoms with Crippen LogP contribution in [0.2, 0.25) is 5.15 Å². The van der Waals surface area contributed by atoms with Gasteiger partial charge in [0.05, 0.1) is 23.6 Å². The van der Waals surface area contributed by atoms with Crippen LogP contribution in [0, 0.1) is 0 Å². The molecule has 2 heterocycles. The van der Waals surface area contributed by atoms with Crippen LogP contribution in [0.4, 0.5) is 4.79 Å². The molecule has 0 saturated carbocycles. The van der Waals surface area contributed by atoms with Gasteiger partial charge in [0.2, 0.25) is 0 Å². The van der Waals surface area contributed by atoms with Gasteiger partial charge in [-0.05, 0) is 40.5 Å². The van der Waals surface area contributed by atoms with E-state index in [9.17, 15) is 4.79 Å². The van der Waals surface area contributed by atoms with Crippen LogP contribution in [0.1, 0.15) is 40.5 Å². The van der Waals surface area contributed by atoms with Crippen molar-refractivity contribution in [3.05, 3.63) is 23.6 Å². The number of carbonyl (C=O) groups is 1. The molecule has 0 unspecified atom stereocenters. The second-order valence-electron chi connectivity index (χ2n) is 7.69. The SMILES string of the molecule is CCOc1cc(OC[C@H]2CCCN2C(=O)OC(C)(C)C)c2c(Cl)ncnc2c1. The van der Waals surface area contributed by atoms with Gasteiger partial charge < -0.3 is 19.1 Å². The Labute approximate surface area is 169 Å². The number of fused-ring (bicyclic) bond motifs is 1. The number of carbonyl (C=O) groups excluding carboxylic acids is 1. The van der Waals surface area contributed by atoms with Crippen molar-refractivity contribution in [3.8, 4) is 11.5 Å². The number of likely N-dealkylation sites (tertiary alicyclic amines) is 1. The largest absolute Gasteiger partial charge is 0.494 e. The highest BCUT2D eigenvalue weighted by Crippen LogP contribution is 2.34. The standard InChI is InChI=1S/C20H26ClN3O4/c1-5-26-14-9-15-17(18(21)23-12-22-15)16(10-14)27-11-13-7-6-8-24(13)19(25)28-20(2,3)4/h9-10,12-13H,5-8,11H2,1-4H3/t13-/m1/s1. The minimum atomic E-state index is -0.530. The van der Waals surface area contributed by atoms with Gasteiger partial charge in [0.15, 0.2) is 0 Å². The highest BCUT2D eigenvalue weighted by atomic mass is 35.5. The van der Waals surface area contributed by atoms with Crippen molar-refractivity contribution in [1.29, 1.82) is 0 Å². The molecular weight excluding hydrogens is 382 g/mol. The van der Waals surface area contributed by atoms with Crippen molar-refractivity contribution < 1.29 is 19.0 Å². The summed E-state index contributed by atoms with van der Waals surface area (Å²) in [5.74, 6) is 1.19. The van der Waals surface area contributed by atoms with Crippen LogP contribution in [0.25, 0.3) is 10.9 Å². The lowest BCUT2D eigenvalue weighted by Crippen LogP contribution is -2.42. The number of ether oxygens (including phenoxy) is 3. The number of rotatable bonds is 5. The quantitative estimate of drug-likeness (QED) is 0.681. The van der Waals surface area contributed by atoms with E-state index in [4.69, 9.17) is 25.8 Å². The molecule has 1 aliphatic heterocycles. The average Bonchev–Trinajstić information content (AvgIpc) is 3.07. The van der Waals surface area contributed by atoms with Crippen molar-refractivity contribution in [1.82, 2.24) is 14.9 Å². The Kier molecular flexibility index (Phi) is 6.13. The van der Waals surface area contributed by atoms with Crippen molar-refractivity contribution in [2.45, 2.75) is 52.2 Å². The number of aromatic nitrogens is 2. The van der Waals surface area contributed by atoms with Crippen LogP contribution >= 0.6 is 11.6 Å². The molecule has 0 radical (unpaired) electrons. The first kappa shape index (κ1) is 20.5. The van der Waals surface area contributed by atoms with E-state index in [0.717, 1.165) is 12.8 Å². The second kappa shape index (κ2) is 8.39. The van der Waals surface area contributed by atoms with E-state index in [2.05, 4.69) is 9.97 Å². The molecule has 2 aromatic rings. The van der Waals surface area contributed by atoms with Crippen LogP contribution < -0.4 is 9.47 Å². The zero-order chi connectivity index (χ0) is 20.3. The van der Waals surface area contributed by atoms with Gasteiger partial charge in [-0.15, -0.1) is 0 Å². The summed E-state index contributed by atoms with van der Waals surface area (Å²) in [5, 5.41) is 0.952. The van der Waals surface area contributed by atoms with Crippen molar-refractivity contribution >= 4 is 28.6 Å².